The predicted molar refractivity (Wildman–Crippen MR) is 151 cm³/mol. The molecule has 0 aliphatic carbocycles. The number of rotatable bonds is 10. The van der Waals surface area contributed by atoms with Crippen molar-refractivity contribution < 1.29 is 38.2 Å². The van der Waals surface area contributed by atoms with E-state index in [2.05, 4.69) is 0 Å². The number of β-lactam (4-membered cyclic amide) rings is 1. The van der Waals surface area contributed by atoms with Crippen molar-refractivity contribution in [3.63, 3.8) is 0 Å². The maximum Gasteiger partial charge on any atom is 0.345 e. The second kappa shape index (κ2) is 12.4. The number of carbonyl (C=O) groups excluding carboxylic acids is 5. The Labute approximate surface area is 244 Å². The number of ketones is 1. The van der Waals surface area contributed by atoms with Crippen LogP contribution in [0, 0.1) is 5.92 Å². The highest BCUT2D eigenvalue weighted by atomic mass is 16.6. The molecule has 9 nitrogen and oxygen atoms in total. The van der Waals surface area contributed by atoms with Crippen molar-refractivity contribution in [1.82, 2.24) is 4.90 Å². The van der Waals surface area contributed by atoms with Gasteiger partial charge >= 0.3 is 17.9 Å². The fourth-order valence-electron chi connectivity index (χ4n) is 4.93. The fourth-order valence-corrected chi connectivity index (χ4v) is 4.93. The molecule has 0 radical (unpaired) electrons. The molecule has 42 heavy (non-hydrogen) atoms. The first-order valence-electron chi connectivity index (χ1n) is 13.5. The standard InChI is InChI=1S/C33H33NO8/c1-22(35)26-28(36)34(27(25-18-12-7-13-19-25)29(37)42-32(2,3)4)33(26,30(38)40-20-23-14-8-5-9-15-23)31(39)41-21-24-16-10-6-11-17-24/h5-19,26-27H,20-21H2,1-4H3/t26-,27-/m1/s1. The number of ether oxygens (including phenoxy) is 3. The Morgan fingerprint density at radius 1 is 0.762 bits per heavy atom. The van der Waals surface area contributed by atoms with E-state index in [9.17, 15) is 24.0 Å². The molecule has 1 amide bonds. The highest BCUT2D eigenvalue weighted by molar-refractivity contribution is 6.25. The molecule has 1 aliphatic rings. The molecule has 1 saturated heterocycles. The van der Waals surface area contributed by atoms with E-state index < -0.39 is 52.7 Å². The normalized spacial score (nSPS) is 16.5. The molecule has 4 rings (SSSR count). The lowest BCUT2D eigenvalue weighted by Crippen LogP contribution is -2.81. The first kappa shape index (κ1) is 30.2. The Hall–Kier alpha value is -4.79. The van der Waals surface area contributed by atoms with Gasteiger partial charge in [-0.1, -0.05) is 91.0 Å². The molecule has 0 aromatic heterocycles. The van der Waals surface area contributed by atoms with Gasteiger partial charge in [-0.05, 0) is 44.4 Å². The number of Topliss-reactive ketones (excluding diaryl/α,β-unsaturated/α-hetero) is 1. The smallest absolute Gasteiger partial charge is 0.345 e. The maximum absolute atomic E-state index is 14.1. The molecule has 2 atom stereocenters. The lowest BCUT2D eigenvalue weighted by Gasteiger charge is -2.54. The van der Waals surface area contributed by atoms with E-state index in [4.69, 9.17) is 14.2 Å². The molecule has 3 aromatic carbocycles. The number of esters is 3. The second-order valence-corrected chi connectivity index (χ2v) is 11.0. The van der Waals surface area contributed by atoms with E-state index in [0.717, 1.165) is 11.8 Å². The zero-order chi connectivity index (χ0) is 30.5. The summed E-state index contributed by atoms with van der Waals surface area (Å²) >= 11 is 0. The largest absolute Gasteiger partial charge is 0.459 e. The molecule has 1 heterocycles. The van der Waals surface area contributed by atoms with Gasteiger partial charge in [-0.3, -0.25) is 14.5 Å². The Kier molecular flexibility index (Phi) is 8.90. The van der Waals surface area contributed by atoms with Gasteiger partial charge in [0, 0.05) is 0 Å². The second-order valence-electron chi connectivity index (χ2n) is 11.0. The summed E-state index contributed by atoms with van der Waals surface area (Å²) in [5, 5.41) is 0. The van der Waals surface area contributed by atoms with Gasteiger partial charge in [0.1, 0.15) is 30.5 Å². The number of nitrogens with zero attached hydrogens (tertiary/aromatic N) is 1. The van der Waals surface area contributed by atoms with Gasteiger partial charge in [-0.2, -0.15) is 0 Å². The van der Waals surface area contributed by atoms with Crippen molar-refractivity contribution in [2.24, 2.45) is 5.92 Å². The number of hydrogen-bond acceptors (Lipinski definition) is 8. The van der Waals surface area contributed by atoms with Crippen molar-refractivity contribution in [3.05, 3.63) is 108 Å². The topological polar surface area (TPSA) is 116 Å². The minimum Gasteiger partial charge on any atom is -0.459 e. The van der Waals surface area contributed by atoms with Crippen LogP contribution in [0.2, 0.25) is 0 Å². The van der Waals surface area contributed by atoms with Crippen LogP contribution in [-0.4, -0.2) is 45.6 Å². The molecule has 3 aromatic rings. The monoisotopic (exact) mass is 571 g/mol. The van der Waals surface area contributed by atoms with E-state index in [1.165, 1.54) is 0 Å². The van der Waals surface area contributed by atoms with Gasteiger partial charge in [-0.25, -0.2) is 14.4 Å². The van der Waals surface area contributed by atoms with Crippen LogP contribution in [0.15, 0.2) is 91.0 Å². The summed E-state index contributed by atoms with van der Waals surface area (Å²) in [6.07, 6.45) is 0. The Morgan fingerprint density at radius 3 is 1.60 bits per heavy atom. The maximum atomic E-state index is 14.1. The molecule has 1 aliphatic heterocycles. The van der Waals surface area contributed by atoms with Crippen LogP contribution in [0.1, 0.15) is 50.4 Å². The van der Waals surface area contributed by atoms with E-state index in [1.807, 2.05) is 0 Å². The van der Waals surface area contributed by atoms with Crippen molar-refractivity contribution in [2.45, 2.75) is 58.1 Å². The van der Waals surface area contributed by atoms with Crippen LogP contribution in [-0.2, 0) is 51.4 Å². The molecule has 0 saturated carbocycles. The van der Waals surface area contributed by atoms with E-state index in [-0.39, 0.29) is 18.8 Å². The van der Waals surface area contributed by atoms with Gasteiger partial charge < -0.3 is 14.2 Å². The molecule has 0 bridgehead atoms. The van der Waals surface area contributed by atoms with Crippen LogP contribution in [0.5, 0.6) is 0 Å². The molecule has 1 fully saturated rings. The molecule has 0 unspecified atom stereocenters. The molecule has 218 valence electrons. The summed E-state index contributed by atoms with van der Waals surface area (Å²) in [5.74, 6) is -6.67. The third kappa shape index (κ3) is 6.10. The highest BCUT2D eigenvalue weighted by Crippen LogP contribution is 2.47. The van der Waals surface area contributed by atoms with Crippen molar-refractivity contribution in [3.8, 4) is 0 Å². The number of amides is 1. The Balaban J connectivity index is 1.83. The molecule has 9 heteroatoms. The summed E-state index contributed by atoms with van der Waals surface area (Å²) in [5.41, 5.74) is -2.05. The molecular formula is C33H33NO8. The highest BCUT2D eigenvalue weighted by Gasteiger charge is 2.76. The first-order chi connectivity index (χ1) is 20.0. The van der Waals surface area contributed by atoms with Crippen molar-refractivity contribution in [1.29, 1.82) is 0 Å². The van der Waals surface area contributed by atoms with E-state index >= 15 is 0 Å². The number of hydrogen-bond donors (Lipinski definition) is 0. The number of likely N-dealkylation sites (tertiary alicyclic amines) is 1. The van der Waals surface area contributed by atoms with Crippen LogP contribution in [0.3, 0.4) is 0 Å². The lowest BCUT2D eigenvalue weighted by atomic mass is 9.69. The van der Waals surface area contributed by atoms with Crippen molar-refractivity contribution >= 4 is 29.6 Å². The predicted octanol–water partition coefficient (Wildman–Crippen LogP) is 4.34. The Morgan fingerprint density at radius 2 is 1.19 bits per heavy atom. The zero-order valence-corrected chi connectivity index (χ0v) is 23.9. The van der Waals surface area contributed by atoms with Gasteiger partial charge in [0.25, 0.3) is 5.54 Å². The summed E-state index contributed by atoms with van der Waals surface area (Å²) in [7, 11) is 0. The summed E-state index contributed by atoms with van der Waals surface area (Å²) in [4.78, 5) is 69.3. The van der Waals surface area contributed by atoms with E-state index in [1.54, 1.807) is 112 Å². The zero-order valence-electron chi connectivity index (χ0n) is 23.9. The third-order valence-corrected chi connectivity index (χ3v) is 6.74. The molecular weight excluding hydrogens is 538 g/mol. The van der Waals surface area contributed by atoms with Crippen molar-refractivity contribution in [2.75, 3.05) is 0 Å². The van der Waals surface area contributed by atoms with Gasteiger partial charge in [-0.15, -0.1) is 0 Å². The van der Waals surface area contributed by atoms with Crippen LogP contribution in [0.4, 0.5) is 0 Å². The molecule has 0 N–H and O–H groups in total. The van der Waals surface area contributed by atoms with Gasteiger partial charge in [0.15, 0.2) is 6.04 Å². The van der Waals surface area contributed by atoms with Crippen LogP contribution in [0.25, 0.3) is 0 Å². The van der Waals surface area contributed by atoms with Gasteiger partial charge in [0.05, 0.1) is 0 Å². The molecule has 0 spiro atoms. The SMILES string of the molecule is CC(=O)[C@@H]1C(=O)N([C@@H](C(=O)OC(C)(C)C)c2ccccc2)C1(C(=O)OCc1ccccc1)C(=O)OCc1ccccc1. The summed E-state index contributed by atoms with van der Waals surface area (Å²) in [6, 6.07) is 24.0. The third-order valence-electron chi connectivity index (χ3n) is 6.74. The number of benzene rings is 3. The van der Waals surface area contributed by atoms with Crippen LogP contribution < -0.4 is 0 Å². The lowest BCUT2D eigenvalue weighted by molar-refractivity contribution is -0.213. The quantitative estimate of drug-likeness (QED) is 0.153. The summed E-state index contributed by atoms with van der Waals surface area (Å²) < 4.78 is 16.8. The van der Waals surface area contributed by atoms with Gasteiger partial charge in [0.2, 0.25) is 5.91 Å². The Bertz CT molecular complexity index is 1390. The summed E-state index contributed by atoms with van der Waals surface area (Å²) in [6.45, 7) is 5.57. The minimum absolute atomic E-state index is 0.248. The first-order valence-corrected chi connectivity index (χ1v) is 13.5. The number of carbonyl (C=O) groups is 5. The van der Waals surface area contributed by atoms with E-state index in [0.29, 0.717) is 11.1 Å². The average molecular weight is 572 g/mol. The minimum atomic E-state index is -2.58. The fraction of sp³-hybridized carbons (Fsp3) is 0.303. The van der Waals surface area contributed by atoms with Crippen LogP contribution >= 0.6 is 0 Å². The average Bonchev–Trinajstić information content (AvgIpc) is 2.96.